The molecular weight excluding hydrogens is 338 g/mol. The number of hydrogen-bond donors (Lipinski definition) is 1. The Morgan fingerprint density at radius 1 is 1.29 bits per heavy atom. The molecule has 1 aromatic rings. The smallest absolute Gasteiger partial charge is 0.342 e. The first kappa shape index (κ1) is 18.5. The maximum atomic E-state index is 13.1. The van der Waals surface area contributed by atoms with E-state index in [9.17, 15) is 23.1 Å². The van der Waals surface area contributed by atoms with Gasteiger partial charge >= 0.3 is 11.9 Å². The molecule has 1 aliphatic rings. The Balaban J connectivity index is 2.55. The summed E-state index contributed by atoms with van der Waals surface area (Å²) in [6, 6.07) is -0.721. The summed E-state index contributed by atoms with van der Waals surface area (Å²) in [6.07, 6.45) is 0.847. The Bertz CT molecular complexity index is 765. The van der Waals surface area contributed by atoms with E-state index < -0.39 is 33.9 Å². The third kappa shape index (κ3) is 2.93. The molecule has 1 N–H and O–H groups in total. The van der Waals surface area contributed by atoms with Crippen LogP contribution in [0.1, 0.15) is 41.6 Å². The molecule has 9 heteroatoms. The standard InChI is InChI=1S/C15H21NO7S/c1-8-11(14(17)18)6-5-7-16(8)24(20,21)13-10(3)23-9(2)12(13)15(19)22-4/h8,11H,5-7H2,1-4H3,(H,17,18)/t8-,11-/m0/s1. The van der Waals surface area contributed by atoms with Crippen molar-refractivity contribution < 1.29 is 32.3 Å². The van der Waals surface area contributed by atoms with E-state index in [0.29, 0.717) is 12.8 Å². The topological polar surface area (TPSA) is 114 Å². The van der Waals surface area contributed by atoms with E-state index in [1.54, 1.807) is 6.92 Å². The second-order valence-electron chi connectivity index (χ2n) is 5.85. The predicted octanol–water partition coefficient (Wildman–Crippen LogP) is 1.56. The number of carboxylic acid groups (broad SMARTS) is 1. The number of furan rings is 1. The fourth-order valence-corrected chi connectivity index (χ4v) is 5.29. The number of aryl methyl sites for hydroxylation is 2. The Hall–Kier alpha value is -1.87. The fourth-order valence-electron chi connectivity index (χ4n) is 3.21. The lowest BCUT2D eigenvalue weighted by molar-refractivity contribution is -0.144. The molecule has 1 aliphatic heterocycles. The van der Waals surface area contributed by atoms with Crippen LogP contribution in [-0.4, -0.2) is 49.5 Å². The van der Waals surface area contributed by atoms with Crippen LogP contribution in [0, 0.1) is 19.8 Å². The molecule has 0 bridgehead atoms. The van der Waals surface area contributed by atoms with Crippen LogP contribution >= 0.6 is 0 Å². The van der Waals surface area contributed by atoms with Crippen LogP contribution in [0.3, 0.4) is 0 Å². The van der Waals surface area contributed by atoms with Crippen LogP contribution in [0.15, 0.2) is 9.31 Å². The molecule has 2 atom stereocenters. The number of nitrogens with zero attached hydrogens (tertiary/aromatic N) is 1. The first-order valence-corrected chi connectivity index (χ1v) is 8.99. The summed E-state index contributed by atoms with van der Waals surface area (Å²) in [6.45, 7) is 4.70. The molecule has 1 saturated heterocycles. The van der Waals surface area contributed by atoms with Gasteiger partial charge in [-0.3, -0.25) is 4.79 Å². The number of carboxylic acids is 1. The van der Waals surface area contributed by atoms with Crippen molar-refractivity contribution in [3.8, 4) is 0 Å². The van der Waals surface area contributed by atoms with E-state index in [1.165, 1.54) is 13.8 Å². The van der Waals surface area contributed by atoms with E-state index in [4.69, 9.17) is 4.42 Å². The molecular formula is C15H21NO7S. The van der Waals surface area contributed by atoms with Crippen LogP contribution in [0.2, 0.25) is 0 Å². The molecule has 0 radical (unpaired) electrons. The SMILES string of the molecule is COC(=O)c1c(C)oc(C)c1S(=O)(=O)N1CCC[C@H](C(=O)O)[C@@H]1C. The monoisotopic (exact) mass is 359 g/mol. The van der Waals surface area contributed by atoms with Crippen molar-refractivity contribution in [1.82, 2.24) is 4.31 Å². The molecule has 0 amide bonds. The van der Waals surface area contributed by atoms with Crippen molar-refractivity contribution in [3.63, 3.8) is 0 Å². The third-order valence-electron chi connectivity index (χ3n) is 4.41. The van der Waals surface area contributed by atoms with Gasteiger partial charge in [-0.1, -0.05) is 0 Å². The first-order valence-electron chi connectivity index (χ1n) is 7.55. The number of aliphatic carboxylic acids is 1. The van der Waals surface area contributed by atoms with Crippen LogP contribution in [-0.2, 0) is 19.6 Å². The Morgan fingerprint density at radius 2 is 1.92 bits per heavy atom. The summed E-state index contributed by atoms with van der Waals surface area (Å²) < 4.78 is 37.3. The number of carbonyl (C=O) groups is 2. The van der Waals surface area contributed by atoms with Gasteiger partial charge in [0.15, 0.2) is 0 Å². The average molecular weight is 359 g/mol. The van der Waals surface area contributed by atoms with Crippen molar-refractivity contribution in [3.05, 3.63) is 17.1 Å². The van der Waals surface area contributed by atoms with Gasteiger partial charge in [0, 0.05) is 12.6 Å². The Morgan fingerprint density at radius 3 is 2.46 bits per heavy atom. The van der Waals surface area contributed by atoms with Crippen LogP contribution in [0.25, 0.3) is 0 Å². The van der Waals surface area contributed by atoms with E-state index >= 15 is 0 Å². The molecule has 24 heavy (non-hydrogen) atoms. The second kappa shape index (κ2) is 6.56. The zero-order valence-electron chi connectivity index (χ0n) is 14.0. The van der Waals surface area contributed by atoms with Crippen molar-refractivity contribution in [2.75, 3.05) is 13.7 Å². The number of piperidine rings is 1. The van der Waals surface area contributed by atoms with Crippen LogP contribution < -0.4 is 0 Å². The number of ether oxygens (including phenoxy) is 1. The van der Waals surface area contributed by atoms with Gasteiger partial charge < -0.3 is 14.3 Å². The van der Waals surface area contributed by atoms with Gasteiger partial charge in [0.05, 0.1) is 13.0 Å². The highest BCUT2D eigenvalue weighted by molar-refractivity contribution is 7.89. The highest BCUT2D eigenvalue weighted by atomic mass is 32.2. The van der Waals surface area contributed by atoms with E-state index in [-0.39, 0.29) is 28.5 Å². The predicted molar refractivity (Wildman–Crippen MR) is 83.2 cm³/mol. The van der Waals surface area contributed by atoms with Gasteiger partial charge in [-0.05, 0) is 33.6 Å². The molecule has 0 aliphatic carbocycles. The molecule has 0 saturated carbocycles. The summed E-state index contributed by atoms with van der Waals surface area (Å²) in [5, 5.41) is 9.29. The quantitative estimate of drug-likeness (QED) is 0.811. The van der Waals surface area contributed by atoms with Gasteiger partial charge in [0.25, 0.3) is 0 Å². The summed E-state index contributed by atoms with van der Waals surface area (Å²) in [4.78, 5) is 23.1. The van der Waals surface area contributed by atoms with Gasteiger partial charge in [-0.25, -0.2) is 13.2 Å². The lowest BCUT2D eigenvalue weighted by Crippen LogP contribution is -2.49. The lowest BCUT2D eigenvalue weighted by Gasteiger charge is -2.36. The molecule has 0 aromatic carbocycles. The first-order chi connectivity index (χ1) is 11.1. The fraction of sp³-hybridized carbons (Fsp3) is 0.600. The highest BCUT2D eigenvalue weighted by Gasteiger charge is 2.43. The second-order valence-corrected chi connectivity index (χ2v) is 7.68. The Labute approximate surface area is 140 Å². The molecule has 2 rings (SSSR count). The molecule has 8 nitrogen and oxygen atoms in total. The normalized spacial score (nSPS) is 22.3. The van der Waals surface area contributed by atoms with Gasteiger partial charge in [0.2, 0.25) is 10.0 Å². The van der Waals surface area contributed by atoms with Crippen LogP contribution in [0.4, 0.5) is 0 Å². The zero-order chi connectivity index (χ0) is 18.2. The zero-order valence-corrected chi connectivity index (χ0v) is 14.8. The van der Waals surface area contributed by atoms with E-state index in [2.05, 4.69) is 4.74 Å². The molecule has 1 fully saturated rings. The van der Waals surface area contributed by atoms with Gasteiger partial charge in [-0.2, -0.15) is 4.31 Å². The lowest BCUT2D eigenvalue weighted by atomic mass is 9.92. The summed E-state index contributed by atoms with van der Waals surface area (Å²) in [7, 11) is -2.94. The van der Waals surface area contributed by atoms with Crippen molar-refractivity contribution >= 4 is 22.0 Å². The summed E-state index contributed by atoms with van der Waals surface area (Å²) in [5.74, 6) is -2.39. The largest absolute Gasteiger partial charge is 0.481 e. The Kier molecular flexibility index (Phi) is 5.05. The van der Waals surface area contributed by atoms with Crippen LogP contribution in [0.5, 0.6) is 0 Å². The maximum absolute atomic E-state index is 13.1. The molecule has 1 aromatic heterocycles. The molecule has 134 valence electrons. The van der Waals surface area contributed by atoms with Gasteiger partial charge in [0.1, 0.15) is 22.0 Å². The molecule has 2 heterocycles. The number of rotatable bonds is 4. The van der Waals surface area contributed by atoms with Crippen molar-refractivity contribution in [2.24, 2.45) is 5.92 Å². The number of sulfonamides is 1. The van der Waals surface area contributed by atoms with Crippen molar-refractivity contribution in [2.45, 2.75) is 44.6 Å². The summed E-state index contributed by atoms with van der Waals surface area (Å²) >= 11 is 0. The van der Waals surface area contributed by atoms with Gasteiger partial charge in [-0.15, -0.1) is 0 Å². The molecule has 0 unspecified atom stereocenters. The third-order valence-corrected chi connectivity index (χ3v) is 6.55. The number of methoxy groups -OCH3 is 1. The molecule has 0 spiro atoms. The number of esters is 1. The highest BCUT2D eigenvalue weighted by Crippen LogP contribution is 2.34. The summed E-state index contributed by atoms with van der Waals surface area (Å²) in [5.41, 5.74) is -0.139. The van der Waals surface area contributed by atoms with E-state index in [0.717, 1.165) is 11.4 Å². The average Bonchev–Trinajstić information content (AvgIpc) is 2.81. The minimum Gasteiger partial charge on any atom is -0.481 e. The van der Waals surface area contributed by atoms with E-state index in [1.807, 2.05) is 0 Å². The number of carbonyl (C=O) groups excluding carboxylic acids is 1. The van der Waals surface area contributed by atoms with Crippen molar-refractivity contribution in [1.29, 1.82) is 0 Å². The maximum Gasteiger partial charge on any atom is 0.342 e. The number of hydrogen-bond acceptors (Lipinski definition) is 6. The minimum atomic E-state index is -4.10. The minimum absolute atomic E-state index is 0.0811.